The summed E-state index contributed by atoms with van der Waals surface area (Å²) in [5.41, 5.74) is 0.797. The molecule has 0 bridgehead atoms. The van der Waals surface area contributed by atoms with Crippen LogP contribution in [0.5, 0.6) is 0 Å². The standard InChI is InChI=1S/C13H22F3N3S/c1-5-6-17-10(4)11-7-20-12(18-11)19(9(2)3)8-13(14,15)16/h7,9-10,17H,5-6,8H2,1-4H3. The molecule has 3 nitrogen and oxygen atoms in total. The highest BCUT2D eigenvalue weighted by Crippen LogP contribution is 2.28. The van der Waals surface area contributed by atoms with E-state index in [2.05, 4.69) is 17.2 Å². The number of hydrogen-bond acceptors (Lipinski definition) is 4. The molecule has 1 heterocycles. The first-order valence-electron chi connectivity index (χ1n) is 6.76. The largest absolute Gasteiger partial charge is 0.406 e. The molecule has 0 saturated carbocycles. The van der Waals surface area contributed by atoms with Gasteiger partial charge in [-0.2, -0.15) is 13.2 Å². The first kappa shape index (κ1) is 17.2. The van der Waals surface area contributed by atoms with Crippen LogP contribution < -0.4 is 10.2 Å². The zero-order valence-electron chi connectivity index (χ0n) is 12.3. The highest BCUT2D eigenvalue weighted by Gasteiger charge is 2.33. The molecule has 1 rings (SSSR count). The van der Waals surface area contributed by atoms with Crippen LogP contribution in [-0.2, 0) is 0 Å². The Kier molecular flexibility index (Phi) is 6.26. The minimum atomic E-state index is -4.22. The fourth-order valence-corrected chi connectivity index (χ4v) is 2.79. The SMILES string of the molecule is CCCNC(C)c1csc(N(CC(F)(F)F)C(C)C)n1. The van der Waals surface area contributed by atoms with E-state index in [4.69, 9.17) is 0 Å². The summed E-state index contributed by atoms with van der Waals surface area (Å²) in [5, 5.41) is 5.54. The van der Waals surface area contributed by atoms with Crippen LogP contribution in [0.25, 0.3) is 0 Å². The van der Waals surface area contributed by atoms with Crippen LogP contribution >= 0.6 is 11.3 Å². The number of halogens is 3. The average molecular weight is 309 g/mol. The van der Waals surface area contributed by atoms with E-state index in [0.29, 0.717) is 5.13 Å². The molecule has 0 aliphatic heterocycles. The molecule has 0 amide bonds. The molecule has 0 spiro atoms. The van der Waals surface area contributed by atoms with Gasteiger partial charge >= 0.3 is 6.18 Å². The molecule has 0 aliphatic rings. The Hall–Kier alpha value is -0.820. The predicted octanol–water partition coefficient (Wildman–Crippen LogP) is 3.98. The number of nitrogens with one attached hydrogen (secondary N) is 1. The maximum absolute atomic E-state index is 12.6. The molecule has 1 unspecified atom stereocenters. The fourth-order valence-electron chi connectivity index (χ4n) is 1.74. The Morgan fingerprint density at radius 2 is 2.00 bits per heavy atom. The van der Waals surface area contributed by atoms with Gasteiger partial charge in [-0.3, -0.25) is 0 Å². The van der Waals surface area contributed by atoms with Gasteiger partial charge in [0.25, 0.3) is 0 Å². The molecule has 0 aromatic carbocycles. The molecule has 116 valence electrons. The van der Waals surface area contributed by atoms with E-state index in [-0.39, 0.29) is 12.1 Å². The van der Waals surface area contributed by atoms with Crippen molar-refractivity contribution < 1.29 is 13.2 Å². The lowest BCUT2D eigenvalue weighted by atomic mass is 10.2. The Labute approximate surface area is 122 Å². The van der Waals surface area contributed by atoms with Gasteiger partial charge in [0, 0.05) is 17.5 Å². The zero-order chi connectivity index (χ0) is 15.3. The fraction of sp³-hybridized carbons (Fsp3) is 0.769. The smallest absolute Gasteiger partial charge is 0.337 e. The predicted molar refractivity (Wildman–Crippen MR) is 77.4 cm³/mol. The van der Waals surface area contributed by atoms with Gasteiger partial charge in [0.2, 0.25) is 0 Å². The molecular formula is C13H22F3N3S. The zero-order valence-corrected chi connectivity index (χ0v) is 13.1. The second-order valence-electron chi connectivity index (χ2n) is 5.07. The van der Waals surface area contributed by atoms with Gasteiger partial charge in [-0.05, 0) is 33.7 Å². The van der Waals surface area contributed by atoms with E-state index in [1.807, 2.05) is 12.3 Å². The van der Waals surface area contributed by atoms with Crippen LogP contribution in [0, 0.1) is 0 Å². The van der Waals surface area contributed by atoms with Crippen molar-refractivity contribution >= 4 is 16.5 Å². The van der Waals surface area contributed by atoms with Crippen LogP contribution in [0.2, 0.25) is 0 Å². The second-order valence-corrected chi connectivity index (χ2v) is 5.90. The second kappa shape index (κ2) is 7.26. The van der Waals surface area contributed by atoms with E-state index < -0.39 is 12.7 Å². The van der Waals surface area contributed by atoms with Crippen LogP contribution in [0.1, 0.15) is 45.9 Å². The number of aromatic nitrogens is 1. The summed E-state index contributed by atoms with van der Waals surface area (Å²) < 4.78 is 37.8. The highest BCUT2D eigenvalue weighted by atomic mass is 32.1. The lowest BCUT2D eigenvalue weighted by molar-refractivity contribution is -0.120. The Bertz CT molecular complexity index is 404. The lowest BCUT2D eigenvalue weighted by Gasteiger charge is -2.27. The van der Waals surface area contributed by atoms with Crippen molar-refractivity contribution in [2.45, 2.75) is 52.4 Å². The van der Waals surface area contributed by atoms with E-state index >= 15 is 0 Å². The molecule has 1 N–H and O–H groups in total. The topological polar surface area (TPSA) is 28.2 Å². The van der Waals surface area contributed by atoms with Crippen LogP contribution in [0.3, 0.4) is 0 Å². The summed E-state index contributed by atoms with van der Waals surface area (Å²) in [5.74, 6) is 0. The maximum Gasteiger partial charge on any atom is 0.406 e. The molecule has 0 saturated heterocycles. The summed E-state index contributed by atoms with van der Waals surface area (Å²) in [6, 6.07) is -0.186. The summed E-state index contributed by atoms with van der Waals surface area (Å²) in [4.78, 5) is 5.64. The Balaban J connectivity index is 2.81. The van der Waals surface area contributed by atoms with Crippen molar-refractivity contribution in [1.82, 2.24) is 10.3 Å². The van der Waals surface area contributed by atoms with Crippen LogP contribution in [0.15, 0.2) is 5.38 Å². The average Bonchev–Trinajstić information content (AvgIpc) is 2.81. The number of alkyl halides is 3. The van der Waals surface area contributed by atoms with E-state index in [0.717, 1.165) is 18.7 Å². The van der Waals surface area contributed by atoms with Gasteiger partial charge in [-0.15, -0.1) is 11.3 Å². The molecule has 0 fully saturated rings. The van der Waals surface area contributed by atoms with Crippen LogP contribution in [-0.4, -0.2) is 30.3 Å². The number of nitrogens with zero attached hydrogens (tertiary/aromatic N) is 2. The van der Waals surface area contributed by atoms with Crippen molar-refractivity contribution in [3.63, 3.8) is 0 Å². The van der Waals surface area contributed by atoms with E-state index in [1.54, 1.807) is 13.8 Å². The third-order valence-corrected chi connectivity index (χ3v) is 3.77. The van der Waals surface area contributed by atoms with Crippen molar-refractivity contribution in [3.8, 4) is 0 Å². The molecule has 1 atom stereocenters. The van der Waals surface area contributed by atoms with Gasteiger partial charge in [0.1, 0.15) is 6.54 Å². The first-order valence-corrected chi connectivity index (χ1v) is 7.64. The molecular weight excluding hydrogens is 287 g/mol. The molecule has 7 heteroatoms. The lowest BCUT2D eigenvalue weighted by Crippen LogP contribution is -2.39. The summed E-state index contributed by atoms with van der Waals surface area (Å²) in [6.45, 7) is 7.42. The maximum atomic E-state index is 12.6. The number of rotatable bonds is 7. The van der Waals surface area contributed by atoms with Crippen molar-refractivity contribution in [2.75, 3.05) is 18.0 Å². The first-order chi connectivity index (χ1) is 9.24. The third-order valence-electron chi connectivity index (χ3n) is 2.87. The van der Waals surface area contributed by atoms with Crippen molar-refractivity contribution in [1.29, 1.82) is 0 Å². The summed E-state index contributed by atoms with van der Waals surface area (Å²) in [7, 11) is 0. The number of anilines is 1. The third kappa shape index (κ3) is 5.28. The van der Waals surface area contributed by atoms with Crippen molar-refractivity contribution in [3.05, 3.63) is 11.1 Å². The van der Waals surface area contributed by atoms with Gasteiger partial charge in [0.15, 0.2) is 5.13 Å². The quantitative estimate of drug-likeness (QED) is 0.826. The van der Waals surface area contributed by atoms with E-state index in [9.17, 15) is 13.2 Å². The van der Waals surface area contributed by atoms with Gasteiger partial charge in [0.05, 0.1) is 5.69 Å². The molecule has 0 radical (unpaired) electrons. The van der Waals surface area contributed by atoms with Gasteiger partial charge < -0.3 is 10.2 Å². The molecule has 1 aromatic heterocycles. The normalized spacial score (nSPS) is 13.8. The minimum absolute atomic E-state index is 0.0554. The Morgan fingerprint density at radius 3 is 2.50 bits per heavy atom. The van der Waals surface area contributed by atoms with Gasteiger partial charge in [-0.25, -0.2) is 4.98 Å². The van der Waals surface area contributed by atoms with Gasteiger partial charge in [-0.1, -0.05) is 6.92 Å². The summed E-state index contributed by atoms with van der Waals surface area (Å²) >= 11 is 1.26. The number of thiazole rings is 1. The molecule has 0 aliphatic carbocycles. The van der Waals surface area contributed by atoms with E-state index in [1.165, 1.54) is 16.2 Å². The summed E-state index contributed by atoms with van der Waals surface area (Å²) in [6.07, 6.45) is -3.21. The van der Waals surface area contributed by atoms with Crippen molar-refractivity contribution in [2.24, 2.45) is 0 Å². The number of hydrogen-bond donors (Lipinski definition) is 1. The highest BCUT2D eigenvalue weighted by molar-refractivity contribution is 7.13. The van der Waals surface area contributed by atoms with Crippen LogP contribution in [0.4, 0.5) is 18.3 Å². The molecule has 1 aromatic rings. The minimum Gasteiger partial charge on any atom is -0.337 e. The molecule has 20 heavy (non-hydrogen) atoms. The monoisotopic (exact) mass is 309 g/mol. The Morgan fingerprint density at radius 1 is 1.35 bits per heavy atom.